The minimum absolute atomic E-state index is 0. The van der Waals surface area contributed by atoms with E-state index in [9.17, 15) is 0 Å². The van der Waals surface area contributed by atoms with Crippen LogP contribution in [0.3, 0.4) is 0 Å². The Bertz CT molecular complexity index is 78.3. The van der Waals surface area contributed by atoms with Gasteiger partial charge >= 0.3 is 68.6 Å². The van der Waals surface area contributed by atoms with Crippen LogP contribution in [0.1, 0.15) is 5.71 Å². The Hall–Kier alpha value is 3.17. The van der Waals surface area contributed by atoms with Crippen LogP contribution in [0.2, 0.25) is 0 Å². The van der Waals surface area contributed by atoms with E-state index in [0.29, 0.717) is 0 Å². The fourth-order valence-corrected chi connectivity index (χ4v) is 0. The molecule has 0 aliphatic rings. The zero-order valence-corrected chi connectivity index (χ0v) is 11.1. The van der Waals surface area contributed by atoms with Crippen molar-refractivity contribution in [3.05, 3.63) is 0 Å². The smallest absolute Gasteiger partial charge is 1.00 e. The molecule has 1 radical (unpaired) electrons. The predicted molar refractivity (Wildman–Crippen MR) is 30.2 cm³/mol. The van der Waals surface area contributed by atoms with Gasteiger partial charge in [0.2, 0.25) is 0 Å². The topological polar surface area (TPSA) is 77.8 Å². The number of hydrogen-bond donors (Lipinski definition) is 3. The van der Waals surface area contributed by atoms with Gasteiger partial charge in [-0.05, 0) is 0 Å². The summed E-state index contributed by atoms with van der Waals surface area (Å²) in [6, 6.07) is 0. The normalized spacial score (nSPS) is 6.56. The Morgan fingerprint density at radius 1 is 1.22 bits per heavy atom. The molecule has 55 valence electrons. The molecule has 0 unspecified atom stereocenters. The number of phosphoric acid groups is 1. The van der Waals surface area contributed by atoms with E-state index in [1.807, 2.05) is 0 Å². The third kappa shape index (κ3) is 93.3. The Morgan fingerprint density at radius 3 is 1.22 bits per heavy atom. The monoisotopic (exact) mass is 277 g/mol. The van der Waals surface area contributed by atoms with Gasteiger partial charge in [-0.1, -0.05) is 0 Å². The minimum Gasteiger partial charge on any atom is -1.00 e. The van der Waals surface area contributed by atoms with E-state index < -0.39 is 7.82 Å². The SMILES string of the molecule is O=P(O)(O)O.[Ca+2].[Fe].[H-].[H-].[H-].[H-].[Mg+2].[Mn]. The van der Waals surface area contributed by atoms with Crippen molar-refractivity contribution in [3.8, 4) is 0 Å². The van der Waals surface area contributed by atoms with Crippen LogP contribution >= 0.6 is 7.82 Å². The van der Waals surface area contributed by atoms with Crippen LogP contribution in [-0.2, 0) is 38.7 Å². The van der Waals surface area contributed by atoms with E-state index in [-0.39, 0.29) is 101 Å². The molecule has 0 rings (SSSR count). The molecule has 0 saturated carbocycles. The van der Waals surface area contributed by atoms with Gasteiger partial charge in [0.1, 0.15) is 0 Å². The minimum atomic E-state index is -4.64. The molecule has 0 amide bonds. The first-order valence-corrected chi connectivity index (χ1v) is 2.35. The van der Waals surface area contributed by atoms with Gasteiger partial charge in [-0.2, -0.15) is 0 Å². The molecule has 0 fully saturated rings. The fourth-order valence-electron chi connectivity index (χ4n) is 0. The van der Waals surface area contributed by atoms with E-state index in [0.717, 1.165) is 0 Å². The first-order chi connectivity index (χ1) is 2.00. The van der Waals surface area contributed by atoms with Crippen LogP contribution in [0.5, 0.6) is 0 Å². The summed E-state index contributed by atoms with van der Waals surface area (Å²) < 4.78 is 8.88. The molecule has 0 aromatic rings. The van der Waals surface area contributed by atoms with Gasteiger partial charge in [0.15, 0.2) is 0 Å². The summed E-state index contributed by atoms with van der Waals surface area (Å²) in [7, 11) is -4.64. The van der Waals surface area contributed by atoms with Crippen molar-refractivity contribution in [2.45, 2.75) is 0 Å². The molecule has 0 spiro atoms. The maximum Gasteiger partial charge on any atom is 2.00 e. The molecule has 0 atom stereocenters. The summed E-state index contributed by atoms with van der Waals surface area (Å²) in [4.78, 5) is 21.6. The quantitative estimate of drug-likeness (QED) is 0.382. The largest absolute Gasteiger partial charge is 2.00 e. The second-order valence-electron chi connectivity index (χ2n) is 0.513. The predicted octanol–water partition coefficient (Wildman–Crippen LogP) is -1.25. The Balaban J connectivity index is -0.00000000286. The van der Waals surface area contributed by atoms with E-state index in [2.05, 4.69) is 0 Å². The zero-order chi connectivity index (χ0) is 4.50. The summed E-state index contributed by atoms with van der Waals surface area (Å²) in [5.41, 5.74) is 0. The standard InChI is InChI=1S/Ca.Fe.Mg.Mn.H3O4P.4H/c;;;;1-5(2,3)4;;;;/h;;;;(H3,1,2,3,4);;;;/q+2;;+2;;;4*-1. The third-order valence-corrected chi connectivity index (χ3v) is 0. The Labute approximate surface area is 126 Å². The first-order valence-electron chi connectivity index (χ1n) is 0.783. The van der Waals surface area contributed by atoms with Gasteiger partial charge in [-0.15, -0.1) is 0 Å². The Kier molecular flexibility index (Phi) is 45.1. The zero-order valence-electron chi connectivity index (χ0n) is 8.34. The molecule has 4 nitrogen and oxygen atoms in total. The van der Waals surface area contributed by atoms with Crippen molar-refractivity contribution in [1.29, 1.82) is 0 Å². The molecule has 0 heterocycles. The van der Waals surface area contributed by atoms with Crippen LogP contribution in [0.4, 0.5) is 0 Å². The molecule has 0 aliphatic carbocycles. The summed E-state index contributed by atoms with van der Waals surface area (Å²) in [5.74, 6) is 0. The van der Waals surface area contributed by atoms with E-state index in [1.54, 1.807) is 0 Å². The maximum atomic E-state index is 8.88. The van der Waals surface area contributed by atoms with Gasteiger partial charge in [0, 0.05) is 34.1 Å². The van der Waals surface area contributed by atoms with E-state index >= 15 is 0 Å². The second-order valence-corrected chi connectivity index (χ2v) is 1.54. The summed E-state index contributed by atoms with van der Waals surface area (Å²) in [5, 5.41) is 0. The molecule has 9 heteroatoms. The van der Waals surface area contributed by atoms with Crippen LogP contribution < -0.4 is 0 Å². The average molecular weight is 277 g/mol. The molecule has 3 N–H and O–H groups in total. The van der Waals surface area contributed by atoms with Gasteiger partial charge in [0.05, 0.1) is 0 Å². The molecule has 9 heavy (non-hydrogen) atoms. The molecule has 0 aromatic heterocycles. The summed E-state index contributed by atoms with van der Waals surface area (Å²) in [6.45, 7) is 0. The molecule has 0 saturated heterocycles. The summed E-state index contributed by atoms with van der Waals surface area (Å²) in [6.07, 6.45) is 0. The van der Waals surface area contributed by atoms with Gasteiger partial charge in [0.25, 0.3) is 0 Å². The third-order valence-electron chi connectivity index (χ3n) is 0. The molecular formula is H7CaFeMgMnO4P. The average Bonchev–Trinajstić information content (AvgIpc) is 0.722. The van der Waals surface area contributed by atoms with Gasteiger partial charge < -0.3 is 20.4 Å². The van der Waals surface area contributed by atoms with Crippen molar-refractivity contribution >= 4 is 68.6 Å². The van der Waals surface area contributed by atoms with E-state index in [4.69, 9.17) is 19.2 Å². The number of hydrogen-bond acceptors (Lipinski definition) is 1. The van der Waals surface area contributed by atoms with E-state index in [1.165, 1.54) is 0 Å². The van der Waals surface area contributed by atoms with Crippen molar-refractivity contribution in [2.75, 3.05) is 0 Å². The molecular weight excluding hydrogens is 270 g/mol. The van der Waals surface area contributed by atoms with Crippen LogP contribution in [0, 0.1) is 0 Å². The van der Waals surface area contributed by atoms with Crippen molar-refractivity contribution < 1.29 is 59.1 Å². The van der Waals surface area contributed by atoms with Crippen molar-refractivity contribution in [2.24, 2.45) is 0 Å². The maximum absolute atomic E-state index is 8.88. The van der Waals surface area contributed by atoms with Crippen LogP contribution in [0.15, 0.2) is 0 Å². The van der Waals surface area contributed by atoms with Gasteiger partial charge in [-0.25, -0.2) is 4.57 Å². The molecule has 0 bridgehead atoms. The molecule has 0 aromatic carbocycles. The summed E-state index contributed by atoms with van der Waals surface area (Å²) >= 11 is 0. The number of rotatable bonds is 0. The van der Waals surface area contributed by atoms with Crippen LogP contribution in [-0.4, -0.2) is 75.5 Å². The van der Waals surface area contributed by atoms with Gasteiger partial charge in [-0.3, -0.25) is 0 Å². The second kappa shape index (κ2) is 13.7. The Morgan fingerprint density at radius 2 is 1.22 bits per heavy atom. The first kappa shape index (κ1) is 29.5. The van der Waals surface area contributed by atoms with Crippen molar-refractivity contribution in [1.82, 2.24) is 0 Å². The van der Waals surface area contributed by atoms with Crippen molar-refractivity contribution in [3.63, 3.8) is 0 Å². The van der Waals surface area contributed by atoms with Crippen LogP contribution in [0.25, 0.3) is 0 Å². The molecule has 0 aliphatic heterocycles. The fraction of sp³-hybridized carbons (Fsp3) is 0.